The lowest BCUT2D eigenvalue weighted by atomic mass is 9.94. The molecule has 1 fully saturated rings. The predicted molar refractivity (Wildman–Crippen MR) is 113 cm³/mol. The number of ether oxygens (including phenoxy) is 3. The summed E-state index contributed by atoms with van der Waals surface area (Å²) >= 11 is 1.27. The number of benzene rings is 1. The van der Waals surface area contributed by atoms with Crippen LogP contribution in [0.1, 0.15) is 41.5 Å². The van der Waals surface area contributed by atoms with Crippen molar-refractivity contribution in [3.05, 3.63) is 30.3 Å². The van der Waals surface area contributed by atoms with Crippen molar-refractivity contribution in [3.63, 3.8) is 0 Å². The molecule has 0 amide bonds. The van der Waals surface area contributed by atoms with Gasteiger partial charge in [0.1, 0.15) is 17.6 Å². The number of hydrogen-bond acceptors (Lipinski definition) is 8. The van der Waals surface area contributed by atoms with Gasteiger partial charge in [-0.25, -0.2) is 0 Å². The fourth-order valence-corrected chi connectivity index (χ4v) is 3.76. The number of rotatable bonds is 5. The lowest BCUT2D eigenvalue weighted by Gasteiger charge is -2.44. The van der Waals surface area contributed by atoms with Crippen LogP contribution in [0.5, 0.6) is 0 Å². The van der Waals surface area contributed by atoms with Crippen LogP contribution in [0.15, 0.2) is 35.2 Å². The average Bonchev–Trinajstić information content (AvgIpc) is 2.65. The van der Waals surface area contributed by atoms with E-state index in [0.29, 0.717) is 0 Å². The molecular formula is C22H32O7S. The average molecular weight is 441 g/mol. The zero-order valence-corrected chi connectivity index (χ0v) is 19.1. The molecule has 0 aliphatic carbocycles. The topological polar surface area (TPSA) is 102 Å². The van der Waals surface area contributed by atoms with Crippen molar-refractivity contribution in [1.29, 1.82) is 0 Å². The van der Waals surface area contributed by atoms with Crippen LogP contribution in [-0.2, 0) is 23.8 Å². The monoisotopic (exact) mass is 440 g/mol. The standard InChI is InChI=1S/C22H32O7S/c1-21(2,3)19(25)28-16-15(24)14(12-23)27-18(30-13-10-8-7-9-11-13)17(16)29-20(26)22(4,5)6/h7-11,14-18,23-24H,12H2,1-6H3/t14-,15-,16+,17-,18+/m1/s1. The molecule has 0 saturated carbocycles. The van der Waals surface area contributed by atoms with Crippen molar-refractivity contribution in [2.75, 3.05) is 6.61 Å². The molecule has 8 heteroatoms. The van der Waals surface area contributed by atoms with Crippen LogP contribution in [0.4, 0.5) is 0 Å². The lowest BCUT2D eigenvalue weighted by molar-refractivity contribution is -0.235. The van der Waals surface area contributed by atoms with Gasteiger partial charge in [-0.2, -0.15) is 0 Å². The van der Waals surface area contributed by atoms with Crippen molar-refractivity contribution in [1.82, 2.24) is 0 Å². The van der Waals surface area contributed by atoms with Gasteiger partial charge < -0.3 is 24.4 Å². The second-order valence-corrected chi connectivity index (χ2v) is 10.6. The number of thioether (sulfide) groups is 1. The SMILES string of the molecule is CC(C)(C)C(=O)O[C@@H]1[C@@H](OC(=O)C(C)(C)C)[C@H](O)[C@@H](CO)O[C@H]1Sc1ccccc1. The Hall–Kier alpha value is -1.61. The first-order valence-electron chi connectivity index (χ1n) is 9.93. The van der Waals surface area contributed by atoms with Gasteiger partial charge in [0.05, 0.1) is 17.4 Å². The fraction of sp³-hybridized carbons (Fsp3) is 0.636. The largest absolute Gasteiger partial charge is 0.455 e. The molecule has 30 heavy (non-hydrogen) atoms. The van der Waals surface area contributed by atoms with Gasteiger partial charge in [-0.15, -0.1) is 0 Å². The van der Waals surface area contributed by atoms with E-state index in [1.165, 1.54) is 11.8 Å². The molecule has 0 unspecified atom stereocenters. The van der Waals surface area contributed by atoms with Gasteiger partial charge in [0.15, 0.2) is 12.2 Å². The molecule has 1 aromatic rings. The van der Waals surface area contributed by atoms with E-state index in [1.807, 2.05) is 30.3 Å². The maximum Gasteiger partial charge on any atom is 0.311 e. The molecule has 7 nitrogen and oxygen atoms in total. The van der Waals surface area contributed by atoms with E-state index >= 15 is 0 Å². The molecule has 1 heterocycles. The second kappa shape index (κ2) is 9.68. The Labute approximate surface area is 182 Å². The smallest absolute Gasteiger partial charge is 0.311 e. The Morgan fingerprint density at radius 3 is 1.93 bits per heavy atom. The Morgan fingerprint density at radius 2 is 1.47 bits per heavy atom. The van der Waals surface area contributed by atoms with Gasteiger partial charge in [0.25, 0.3) is 0 Å². The van der Waals surface area contributed by atoms with Crippen molar-refractivity contribution < 1.29 is 34.0 Å². The highest BCUT2D eigenvalue weighted by Crippen LogP contribution is 2.37. The Bertz CT molecular complexity index is 723. The highest BCUT2D eigenvalue weighted by atomic mass is 32.2. The van der Waals surface area contributed by atoms with E-state index in [2.05, 4.69) is 0 Å². The van der Waals surface area contributed by atoms with E-state index in [0.717, 1.165) is 4.90 Å². The summed E-state index contributed by atoms with van der Waals surface area (Å²) in [7, 11) is 0. The third-order valence-electron chi connectivity index (χ3n) is 4.50. The summed E-state index contributed by atoms with van der Waals surface area (Å²) in [6.45, 7) is 9.73. The van der Waals surface area contributed by atoms with Crippen molar-refractivity contribution in [2.45, 2.75) is 76.3 Å². The molecular weight excluding hydrogens is 408 g/mol. The Balaban J connectivity index is 2.40. The molecule has 2 rings (SSSR count). The maximum absolute atomic E-state index is 12.7. The van der Waals surface area contributed by atoms with Crippen molar-refractivity contribution in [3.8, 4) is 0 Å². The van der Waals surface area contributed by atoms with Crippen LogP contribution in [0.3, 0.4) is 0 Å². The van der Waals surface area contributed by atoms with Gasteiger partial charge in [-0.3, -0.25) is 9.59 Å². The molecule has 5 atom stereocenters. The van der Waals surface area contributed by atoms with E-state index in [9.17, 15) is 19.8 Å². The van der Waals surface area contributed by atoms with Crippen LogP contribution in [0.2, 0.25) is 0 Å². The quantitative estimate of drug-likeness (QED) is 0.674. The summed E-state index contributed by atoms with van der Waals surface area (Å²) in [5, 5.41) is 20.5. The normalized spacial score (nSPS) is 27.4. The molecule has 2 N–H and O–H groups in total. The molecule has 1 aliphatic rings. The number of aliphatic hydroxyl groups excluding tert-OH is 2. The molecule has 1 aromatic carbocycles. The highest BCUT2D eigenvalue weighted by molar-refractivity contribution is 7.99. The summed E-state index contributed by atoms with van der Waals surface area (Å²) in [6.07, 6.45) is -4.60. The number of aliphatic hydroxyl groups is 2. The van der Waals surface area contributed by atoms with E-state index in [1.54, 1.807) is 41.5 Å². The summed E-state index contributed by atoms with van der Waals surface area (Å²) in [5.41, 5.74) is -2.43. The fourth-order valence-electron chi connectivity index (χ4n) is 2.63. The summed E-state index contributed by atoms with van der Waals surface area (Å²) in [4.78, 5) is 26.1. The first-order valence-corrected chi connectivity index (χ1v) is 10.8. The van der Waals surface area contributed by atoms with Gasteiger partial charge in [-0.1, -0.05) is 30.0 Å². The molecule has 1 saturated heterocycles. The Kier molecular flexibility index (Phi) is 7.96. The molecule has 0 radical (unpaired) electrons. The van der Waals surface area contributed by atoms with Crippen molar-refractivity contribution in [2.24, 2.45) is 10.8 Å². The highest BCUT2D eigenvalue weighted by Gasteiger charge is 2.51. The third kappa shape index (κ3) is 6.20. The van der Waals surface area contributed by atoms with Crippen LogP contribution < -0.4 is 0 Å². The van der Waals surface area contributed by atoms with Gasteiger partial charge in [0, 0.05) is 4.90 Å². The van der Waals surface area contributed by atoms with Crippen molar-refractivity contribution >= 4 is 23.7 Å². The third-order valence-corrected chi connectivity index (χ3v) is 5.66. The second-order valence-electron chi connectivity index (χ2n) is 9.39. The van der Waals surface area contributed by atoms with E-state index in [-0.39, 0.29) is 0 Å². The Morgan fingerprint density at radius 1 is 0.967 bits per heavy atom. The van der Waals surface area contributed by atoms with Crippen LogP contribution in [0.25, 0.3) is 0 Å². The summed E-state index contributed by atoms with van der Waals surface area (Å²) in [5.74, 6) is -1.06. The van der Waals surface area contributed by atoms with Crippen LogP contribution in [-0.4, -0.2) is 58.6 Å². The molecule has 1 aliphatic heterocycles. The van der Waals surface area contributed by atoms with E-state index < -0.39 is 59.2 Å². The predicted octanol–water partition coefficient (Wildman–Crippen LogP) is 2.77. The molecule has 0 aromatic heterocycles. The van der Waals surface area contributed by atoms with E-state index in [4.69, 9.17) is 14.2 Å². The molecule has 0 spiro atoms. The van der Waals surface area contributed by atoms with Crippen LogP contribution in [0, 0.1) is 10.8 Å². The van der Waals surface area contributed by atoms with Crippen LogP contribution >= 0.6 is 11.8 Å². The molecule has 168 valence electrons. The first-order chi connectivity index (χ1) is 13.8. The number of hydrogen-bond donors (Lipinski definition) is 2. The van der Waals surface area contributed by atoms with Gasteiger partial charge in [-0.05, 0) is 53.7 Å². The lowest BCUT2D eigenvalue weighted by Crippen LogP contribution is -2.61. The number of carbonyl (C=O) groups is 2. The number of carbonyl (C=O) groups excluding carboxylic acids is 2. The van der Waals surface area contributed by atoms with Gasteiger partial charge in [0.2, 0.25) is 0 Å². The minimum absolute atomic E-state index is 0.476. The number of esters is 2. The first kappa shape index (κ1) is 24.7. The summed E-state index contributed by atoms with van der Waals surface area (Å²) < 4.78 is 17.2. The zero-order valence-electron chi connectivity index (χ0n) is 18.3. The summed E-state index contributed by atoms with van der Waals surface area (Å²) in [6, 6.07) is 9.32. The minimum Gasteiger partial charge on any atom is -0.455 e. The zero-order chi connectivity index (χ0) is 22.7. The van der Waals surface area contributed by atoms with Gasteiger partial charge >= 0.3 is 11.9 Å². The maximum atomic E-state index is 12.7. The molecule has 0 bridgehead atoms. The minimum atomic E-state index is -1.35.